The second-order valence-corrected chi connectivity index (χ2v) is 7.78. The fourth-order valence-corrected chi connectivity index (χ4v) is 3.17. The maximum Gasteiger partial charge on any atom is 0.0619 e. The summed E-state index contributed by atoms with van der Waals surface area (Å²) >= 11 is 0. The molecule has 1 nitrogen and oxygen atoms in total. The van der Waals surface area contributed by atoms with Crippen molar-refractivity contribution in [3.63, 3.8) is 0 Å². The number of hydrogen-bond donors (Lipinski definition) is 1. The van der Waals surface area contributed by atoms with Gasteiger partial charge in [0.25, 0.3) is 0 Å². The van der Waals surface area contributed by atoms with Gasteiger partial charge in [-0.05, 0) is 31.6 Å². The topological polar surface area (TPSA) is 20.2 Å². The van der Waals surface area contributed by atoms with E-state index in [2.05, 4.69) is 27.7 Å². The first-order valence-corrected chi connectivity index (χ1v) is 9.63. The van der Waals surface area contributed by atoms with Crippen LogP contribution in [-0.2, 0) is 0 Å². The maximum absolute atomic E-state index is 10.3. The Bertz CT molecular complexity index is 222. The molecule has 0 aromatic heterocycles. The highest BCUT2D eigenvalue weighted by atomic mass is 16.3. The summed E-state index contributed by atoms with van der Waals surface area (Å²) in [5.74, 6) is 1.73. The Kier molecular flexibility index (Phi) is 12.5. The molecule has 0 rings (SSSR count). The van der Waals surface area contributed by atoms with Crippen molar-refractivity contribution in [2.75, 3.05) is 0 Å². The minimum Gasteiger partial charge on any atom is -0.390 e. The predicted molar refractivity (Wildman–Crippen MR) is 95.7 cm³/mol. The lowest BCUT2D eigenvalue weighted by molar-refractivity contribution is 0.0362. The van der Waals surface area contributed by atoms with E-state index in [1.54, 1.807) is 0 Å². The minimum absolute atomic E-state index is 0.426. The molecule has 1 heteroatoms. The third kappa shape index (κ3) is 13.4. The van der Waals surface area contributed by atoms with E-state index in [9.17, 15) is 5.11 Å². The van der Waals surface area contributed by atoms with E-state index in [1.165, 1.54) is 57.8 Å². The number of rotatable bonds is 14. The monoisotopic (exact) mass is 298 g/mol. The van der Waals surface area contributed by atoms with Crippen molar-refractivity contribution in [1.82, 2.24) is 0 Å². The lowest BCUT2D eigenvalue weighted by Gasteiger charge is -2.24. The summed E-state index contributed by atoms with van der Waals surface area (Å²) in [6.45, 7) is 11.3. The van der Waals surface area contributed by atoms with Crippen LogP contribution in [0, 0.1) is 11.8 Å². The second kappa shape index (κ2) is 12.5. The number of aliphatic hydroxyl groups is 1. The van der Waals surface area contributed by atoms with Crippen LogP contribution in [-0.4, -0.2) is 10.7 Å². The molecule has 0 aliphatic rings. The van der Waals surface area contributed by atoms with E-state index in [4.69, 9.17) is 0 Å². The Morgan fingerprint density at radius 3 is 1.67 bits per heavy atom. The van der Waals surface area contributed by atoms with Crippen molar-refractivity contribution in [2.45, 2.75) is 117 Å². The van der Waals surface area contributed by atoms with E-state index >= 15 is 0 Å². The molecule has 0 spiro atoms. The molecule has 0 aliphatic carbocycles. The summed E-state index contributed by atoms with van der Waals surface area (Å²) in [5, 5.41) is 10.3. The van der Waals surface area contributed by atoms with Crippen LogP contribution in [0.15, 0.2) is 0 Å². The van der Waals surface area contributed by atoms with Gasteiger partial charge < -0.3 is 5.11 Å². The van der Waals surface area contributed by atoms with E-state index in [0.717, 1.165) is 31.1 Å². The summed E-state index contributed by atoms with van der Waals surface area (Å²) in [6.07, 6.45) is 15.0. The van der Waals surface area contributed by atoms with Crippen LogP contribution in [0.25, 0.3) is 0 Å². The van der Waals surface area contributed by atoms with Crippen LogP contribution in [0.3, 0.4) is 0 Å². The van der Waals surface area contributed by atoms with Gasteiger partial charge in [0.05, 0.1) is 5.60 Å². The quantitative estimate of drug-likeness (QED) is 0.377. The smallest absolute Gasteiger partial charge is 0.0619 e. The molecule has 0 saturated heterocycles. The summed E-state index contributed by atoms with van der Waals surface area (Å²) in [5.41, 5.74) is -0.426. The lowest BCUT2D eigenvalue weighted by Crippen LogP contribution is -2.23. The van der Waals surface area contributed by atoms with Crippen LogP contribution < -0.4 is 0 Å². The zero-order chi connectivity index (χ0) is 16.1. The maximum atomic E-state index is 10.3. The van der Waals surface area contributed by atoms with Gasteiger partial charge >= 0.3 is 0 Å². The summed E-state index contributed by atoms with van der Waals surface area (Å²) < 4.78 is 0. The average Bonchev–Trinajstić information content (AvgIpc) is 2.42. The third-order valence-corrected chi connectivity index (χ3v) is 4.93. The molecule has 0 amide bonds. The van der Waals surface area contributed by atoms with E-state index in [0.29, 0.717) is 0 Å². The minimum atomic E-state index is -0.426. The fourth-order valence-electron chi connectivity index (χ4n) is 3.17. The molecule has 3 atom stereocenters. The van der Waals surface area contributed by atoms with E-state index < -0.39 is 5.60 Å². The van der Waals surface area contributed by atoms with Gasteiger partial charge in [-0.2, -0.15) is 0 Å². The Labute approximate surface area is 134 Å². The number of unbranched alkanes of at least 4 members (excludes halogenated alkanes) is 2. The first-order valence-electron chi connectivity index (χ1n) is 9.63. The van der Waals surface area contributed by atoms with Crippen molar-refractivity contribution in [1.29, 1.82) is 0 Å². The molecule has 3 unspecified atom stereocenters. The van der Waals surface area contributed by atoms with Crippen molar-refractivity contribution < 1.29 is 5.11 Å². The molecular formula is C20H42O. The van der Waals surface area contributed by atoms with Gasteiger partial charge in [0, 0.05) is 0 Å². The second-order valence-electron chi connectivity index (χ2n) is 7.78. The highest BCUT2D eigenvalue weighted by Gasteiger charge is 2.19. The average molecular weight is 299 g/mol. The Balaban J connectivity index is 3.59. The highest BCUT2D eigenvalue weighted by Crippen LogP contribution is 2.24. The van der Waals surface area contributed by atoms with E-state index in [1.807, 2.05) is 6.92 Å². The van der Waals surface area contributed by atoms with Gasteiger partial charge in [0.15, 0.2) is 0 Å². The Morgan fingerprint density at radius 2 is 1.14 bits per heavy atom. The standard InChI is InChI=1S/C20H42O/c1-6-8-12-18(3)13-10-14-19(4)15-11-17-20(5,21)16-9-7-2/h18-19,21H,6-17H2,1-5H3. The van der Waals surface area contributed by atoms with E-state index in [-0.39, 0.29) is 0 Å². The SMILES string of the molecule is CCCCC(C)CCCC(C)CCCC(C)(O)CCCC. The van der Waals surface area contributed by atoms with Crippen molar-refractivity contribution in [3.05, 3.63) is 0 Å². The normalized spacial score (nSPS) is 17.4. The van der Waals surface area contributed by atoms with Gasteiger partial charge in [-0.1, -0.05) is 91.9 Å². The summed E-state index contributed by atoms with van der Waals surface area (Å²) in [7, 11) is 0. The molecule has 0 aliphatic heterocycles. The van der Waals surface area contributed by atoms with Gasteiger partial charge in [-0.15, -0.1) is 0 Å². The predicted octanol–water partition coefficient (Wildman–Crippen LogP) is 6.73. The van der Waals surface area contributed by atoms with Crippen LogP contribution in [0.1, 0.15) is 112 Å². The molecule has 0 aromatic carbocycles. The Hall–Kier alpha value is -0.0400. The molecule has 0 heterocycles. The van der Waals surface area contributed by atoms with Gasteiger partial charge in [-0.3, -0.25) is 0 Å². The largest absolute Gasteiger partial charge is 0.390 e. The molecule has 0 fully saturated rings. The summed E-state index contributed by atoms with van der Waals surface area (Å²) in [4.78, 5) is 0. The first kappa shape index (κ1) is 21.0. The first-order chi connectivity index (χ1) is 9.91. The zero-order valence-electron chi connectivity index (χ0n) is 15.6. The molecular weight excluding hydrogens is 256 g/mol. The lowest BCUT2D eigenvalue weighted by atomic mass is 9.89. The van der Waals surface area contributed by atoms with Gasteiger partial charge in [0.2, 0.25) is 0 Å². The molecule has 0 bridgehead atoms. The molecule has 0 saturated carbocycles. The van der Waals surface area contributed by atoms with Crippen molar-refractivity contribution in [2.24, 2.45) is 11.8 Å². The zero-order valence-corrected chi connectivity index (χ0v) is 15.6. The Morgan fingerprint density at radius 1 is 0.714 bits per heavy atom. The van der Waals surface area contributed by atoms with Gasteiger partial charge in [-0.25, -0.2) is 0 Å². The summed E-state index contributed by atoms with van der Waals surface area (Å²) in [6, 6.07) is 0. The number of hydrogen-bond acceptors (Lipinski definition) is 1. The van der Waals surface area contributed by atoms with Crippen LogP contribution >= 0.6 is 0 Å². The van der Waals surface area contributed by atoms with Crippen LogP contribution in [0.2, 0.25) is 0 Å². The third-order valence-electron chi connectivity index (χ3n) is 4.93. The highest BCUT2D eigenvalue weighted by molar-refractivity contribution is 4.72. The molecule has 0 aromatic rings. The van der Waals surface area contributed by atoms with Crippen LogP contribution in [0.5, 0.6) is 0 Å². The molecule has 1 N–H and O–H groups in total. The fraction of sp³-hybridized carbons (Fsp3) is 1.00. The van der Waals surface area contributed by atoms with Gasteiger partial charge in [0.1, 0.15) is 0 Å². The van der Waals surface area contributed by atoms with Crippen molar-refractivity contribution >= 4 is 0 Å². The van der Waals surface area contributed by atoms with Crippen LogP contribution in [0.4, 0.5) is 0 Å². The molecule has 21 heavy (non-hydrogen) atoms. The molecule has 0 radical (unpaired) electrons. The molecule has 128 valence electrons. The van der Waals surface area contributed by atoms with Crippen molar-refractivity contribution in [3.8, 4) is 0 Å².